The van der Waals surface area contributed by atoms with Crippen LogP contribution in [0.25, 0.3) is 11.3 Å². The molecule has 0 radical (unpaired) electrons. The van der Waals surface area contributed by atoms with Crippen molar-refractivity contribution in [1.29, 1.82) is 0 Å². The first-order chi connectivity index (χ1) is 7.35. The minimum absolute atomic E-state index is 0.527. The van der Waals surface area contributed by atoms with Gasteiger partial charge in [0.2, 0.25) is 0 Å². The number of nitrogens with zero attached hydrogens (tertiary/aromatic N) is 1. The van der Waals surface area contributed by atoms with Crippen LogP contribution in [0.3, 0.4) is 0 Å². The van der Waals surface area contributed by atoms with Crippen LogP contribution in [0, 0.1) is 0 Å². The van der Waals surface area contributed by atoms with Gasteiger partial charge >= 0.3 is 0 Å². The first kappa shape index (κ1) is 9.65. The van der Waals surface area contributed by atoms with Crippen molar-refractivity contribution in [2.45, 2.75) is 13.3 Å². The van der Waals surface area contributed by atoms with Crippen molar-refractivity contribution in [2.24, 2.45) is 0 Å². The molecule has 0 aliphatic heterocycles. The number of benzene rings is 1. The van der Waals surface area contributed by atoms with Crippen LogP contribution in [0.5, 0.6) is 0 Å². The Bertz CT molecular complexity index is 457. The summed E-state index contributed by atoms with van der Waals surface area (Å²) in [5, 5.41) is 0. The Labute approximate surface area is 88.2 Å². The average molecular weight is 200 g/mol. The molecule has 0 atom stereocenters. The molecule has 0 fully saturated rings. The maximum atomic E-state index is 10.7. The summed E-state index contributed by atoms with van der Waals surface area (Å²) in [4.78, 5) is 17.6. The largest absolute Gasteiger partial charge is 0.342 e. The fourth-order valence-electron chi connectivity index (χ4n) is 1.52. The first-order valence-corrected chi connectivity index (χ1v) is 4.93. The normalized spacial score (nSPS) is 10.2. The molecule has 0 spiro atoms. The molecule has 3 nitrogen and oxygen atoms in total. The lowest BCUT2D eigenvalue weighted by Gasteiger charge is -2.00. The molecule has 3 heteroatoms. The van der Waals surface area contributed by atoms with Gasteiger partial charge in [0.25, 0.3) is 0 Å². The van der Waals surface area contributed by atoms with Crippen LogP contribution in [0.15, 0.2) is 30.6 Å². The second-order valence-corrected chi connectivity index (χ2v) is 3.33. The second kappa shape index (κ2) is 4.09. The van der Waals surface area contributed by atoms with E-state index in [1.54, 1.807) is 0 Å². The van der Waals surface area contributed by atoms with Gasteiger partial charge in [0, 0.05) is 5.56 Å². The topological polar surface area (TPSA) is 45.8 Å². The summed E-state index contributed by atoms with van der Waals surface area (Å²) in [5.74, 6) is 0. The number of aromatic amines is 1. The van der Waals surface area contributed by atoms with Crippen LogP contribution in [-0.2, 0) is 6.42 Å². The molecule has 0 bridgehead atoms. The van der Waals surface area contributed by atoms with Crippen LogP contribution in [0.2, 0.25) is 0 Å². The quantitative estimate of drug-likeness (QED) is 0.773. The van der Waals surface area contributed by atoms with Gasteiger partial charge < -0.3 is 4.98 Å². The van der Waals surface area contributed by atoms with E-state index in [1.807, 2.05) is 12.1 Å². The predicted molar refractivity (Wildman–Crippen MR) is 58.8 cm³/mol. The third-order valence-corrected chi connectivity index (χ3v) is 2.42. The molecule has 1 heterocycles. The van der Waals surface area contributed by atoms with E-state index in [1.165, 1.54) is 11.9 Å². The Kier molecular flexibility index (Phi) is 2.63. The first-order valence-electron chi connectivity index (χ1n) is 4.93. The molecule has 0 saturated carbocycles. The van der Waals surface area contributed by atoms with E-state index in [0.717, 1.165) is 18.3 Å². The van der Waals surface area contributed by atoms with Crippen molar-refractivity contribution in [3.8, 4) is 11.3 Å². The summed E-state index contributed by atoms with van der Waals surface area (Å²) in [6.07, 6.45) is 3.34. The van der Waals surface area contributed by atoms with Crippen LogP contribution in [0.1, 0.15) is 23.0 Å². The van der Waals surface area contributed by atoms with Gasteiger partial charge in [-0.25, -0.2) is 4.98 Å². The number of carbonyl (C=O) groups is 1. The zero-order valence-corrected chi connectivity index (χ0v) is 8.53. The van der Waals surface area contributed by atoms with E-state index in [0.29, 0.717) is 11.4 Å². The minimum Gasteiger partial charge on any atom is -0.342 e. The number of aryl methyl sites for hydroxylation is 1. The Morgan fingerprint density at radius 1 is 1.33 bits per heavy atom. The van der Waals surface area contributed by atoms with E-state index in [-0.39, 0.29) is 0 Å². The molecule has 1 N–H and O–H groups in total. The van der Waals surface area contributed by atoms with Gasteiger partial charge in [-0.05, 0) is 12.0 Å². The Hall–Kier alpha value is -1.90. The molecule has 0 aliphatic carbocycles. The lowest BCUT2D eigenvalue weighted by Crippen LogP contribution is -1.86. The minimum atomic E-state index is 0.527. The maximum absolute atomic E-state index is 10.7. The molecule has 2 rings (SSSR count). The number of nitrogens with one attached hydrogen (secondary N) is 1. The standard InChI is InChI=1S/C12H12N2O/c1-2-9-3-5-10(6-4-9)12-11(7-15)13-8-14-12/h3-8H,2H2,1H3,(H,13,14). The van der Waals surface area contributed by atoms with Gasteiger partial charge in [0.1, 0.15) is 5.69 Å². The van der Waals surface area contributed by atoms with E-state index in [4.69, 9.17) is 0 Å². The molecule has 1 aromatic heterocycles. The maximum Gasteiger partial charge on any atom is 0.168 e. The van der Waals surface area contributed by atoms with Crippen molar-refractivity contribution in [1.82, 2.24) is 9.97 Å². The van der Waals surface area contributed by atoms with Gasteiger partial charge in [0.15, 0.2) is 6.29 Å². The second-order valence-electron chi connectivity index (χ2n) is 3.33. The average Bonchev–Trinajstić information content (AvgIpc) is 2.77. The molecule has 0 aliphatic rings. The summed E-state index contributed by atoms with van der Waals surface area (Å²) < 4.78 is 0. The number of H-pyrrole nitrogens is 1. The third-order valence-electron chi connectivity index (χ3n) is 2.42. The summed E-state index contributed by atoms with van der Waals surface area (Å²) in [6.45, 7) is 2.11. The molecule has 1 aromatic carbocycles. The van der Waals surface area contributed by atoms with Crippen molar-refractivity contribution < 1.29 is 4.79 Å². The van der Waals surface area contributed by atoms with Gasteiger partial charge in [-0.2, -0.15) is 0 Å². The fourth-order valence-corrected chi connectivity index (χ4v) is 1.52. The molecule has 0 saturated heterocycles. The van der Waals surface area contributed by atoms with Crippen molar-refractivity contribution in [3.63, 3.8) is 0 Å². The van der Waals surface area contributed by atoms with Crippen LogP contribution in [-0.4, -0.2) is 16.3 Å². The Morgan fingerprint density at radius 2 is 2.07 bits per heavy atom. The summed E-state index contributed by atoms with van der Waals surface area (Å²) in [6, 6.07) is 8.08. The molecule has 76 valence electrons. The monoisotopic (exact) mass is 200 g/mol. The van der Waals surface area contributed by atoms with Gasteiger partial charge in [0.05, 0.1) is 12.0 Å². The number of rotatable bonds is 3. The highest BCUT2D eigenvalue weighted by Crippen LogP contribution is 2.19. The van der Waals surface area contributed by atoms with Gasteiger partial charge in [-0.3, -0.25) is 4.79 Å². The number of carbonyl (C=O) groups excluding carboxylic acids is 1. The summed E-state index contributed by atoms with van der Waals surface area (Å²) in [5.41, 5.74) is 3.49. The van der Waals surface area contributed by atoms with E-state index >= 15 is 0 Å². The van der Waals surface area contributed by atoms with Gasteiger partial charge in [-0.15, -0.1) is 0 Å². The van der Waals surface area contributed by atoms with Gasteiger partial charge in [-0.1, -0.05) is 31.2 Å². The lowest BCUT2D eigenvalue weighted by atomic mass is 10.1. The number of aldehydes is 1. The molecule has 0 amide bonds. The zero-order chi connectivity index (χ0) is 10.7. The number of hydrogen-bond acceptors (Lipinski definition) is 2. The lowest BCUT2D eigenvalue weighted by molar-refractivity contribution is 0.112. The smallest absolute Gasteiger partial charge is 0.168 e. The van der Waals surface area contributed by atoms with Crippen LogP contribution < -0.4 is 0 Å². The van der Waals surface area contributed by atoms with Crippen molar-refractivity contribution in [3.05, 3.63) is 41.9 Å². The summed E-state index contributed by atoms with van der Waals surface area (Å²) in [7, 11) is 0. The molecule has 15 heavy (non-hydrogen) atoms. The highest BCUT2D eigenvalue weighted by atomic mass is 16.1. The molecule has 2 aromatic rings. The molecular weight excluding hydrogens is 188 g/mol. The van der Waals surface area contributed by atoms with Crippen molar-refractivity contribution in [2.75, 3.05) is 0 Å². The Balaban J connectivity index is 2.41. The Morgan fingerprint density at radius 3 is 2.67 bits per heavy atom. The SMILES string of the molecule is CCc1ccc(-c2nc[nH]c2C=O)cc1. The van der Waals surface area contributed by atoms with E-state index in [2.05, 4.69) is 29.0 Å². The zero-order valence-electron chi connectivity index (χ0n) is 8.53. The number of aromatic nitrogens is 2. The summed E-state index contributed by atoms with van der Waals surface area (Å²) >= 11 is 0. The van der Waals surface area contributed by atoms with Crippen LogP contribution in [0.4, 0.5) is 0 Å². The van der Waals surface area contributed by atoms with Crippen LogP contribution >= 0.6 is 0 Å². The van der Waals surface area contributed by atoms with Crippen molar-refractivity contribution >= 4 is 6.29 Å². The fraction of sp³-hybridized carbons (Fsp3) is 0.167. The number of hydrogen-bond donors (Lipinski definition) is 1. The molecule has 0 unspecified atom stereocenters. The number of imidazole rings is 1. The molecular formula is C12H12N2O. The predicted octanol–water partition coefficient (Wildman–Crippen LogP) is 2.45. The van der Waals surface area contributed by atoms with E-state index < -0.39 is 0 Å². The highest BCUT2D eigenvalue weighted by Gasteiger charge is 2.06. The van der Waals surface area contributed by atoms with E-state index in [9.17, 15) is 4.79 Å². The highest BCUT2D eigenvalue weighted by molar-refractivity contribution is 5.83. The third kappa shape index (κ3) is 1.81.